The van der Waals surface area contributed by atoms with Gasteiger partial charge in [-0.05, 0) is 86.7 Å². The topological polar surface area (TPSA) is 199 Å². The molecule has 1 aromatic heterocycles. The number of nitrogens with zero attached hydrogens (tertiary/aromatic N) is 1. The number of ether oxygens (including phenoxy) is 5. The first-order valence-electron chi connectivity index (χ1n) is 20.0. The van der Waals surface area contributed by atoms with Crippen molar-refractivity contribution in [2.24, 2.45) is 11.8 Å². The molecule has 16 nitrogen and oxygen atoms in total. The highest BCUT2D eigenvalue weighted by Gasteiger charge is 2.44. The number of para-hydroxylation sites is 1. The molecule has 4 aromatic rings. The number of fused-ring (bicyclic) bond motifs is 2. The Balaban J connectivity index is 1.15. The quantitative estimate of drug-likeness (QED) is 0.0713. The van der Waals surface area contributed by atoms with Crippen molar-refractivity contribution < 1.29 is 64.8 Å². The van der Waals surface area contributed by atoms with Gasteiger partial charge in [0.15, 0.2) is 12.4 Å². The van der Waals surface area contributed by atoms with Gasteiger partial charge in [0.25, 0.3) is 0 Å². The van der Waals surface area contributed by atoms with Gasteiger partial charge in [-0.1, -0.05) is 44.2 Å². The highest BCUT2D eigenvalue weighted by atomic mass is 32.2. The molecule has 2 aliphatic heterocycles. The predicted octanol–water partition coefficient (Wildman–Crippen LogP) is 6.16. The lowest BCUT2D eigenvalue weighted by Crippen LogP contribution is -2.51. The van der Waals surface area contributed by atoms with Gasteiger partial charge in [-0.2, -0.15) is 4.31 Å². The van der Waals surface area contributed by atoms with Gasteiger partial charge in [0.1, 0.15) is 29.8 Å². The number of hydrogen-bond donors (Lipinski definition) is 2. The first-order chi connectivity index (χ1) is 28.7. The summed E-state index contributed by atoms with van der Waals surface area (Å²) in [4.78, 5) is 25.7. The van der Waals surface area contributed by atoms with Gasteiger partial charge < -0.3 is 43.0 Å². The normalized spacial score (nSPS) is 20.3. The lowest BCUT2D eigenvalue weighted by Gasteiger charge is -2.31. The minimum absolute atomic E-state index is 0.0429. The third kappa shape index (κ3) is 11.9. The summed E-state index contributed by atoms with van der Waals surface area (Å²) in [7, 11) is -8.02. The van der Waals surface area contributed by atoms with Gasteiger partial charge >= 0.3 is 19.7 Å². The summed E-state index contributed by atoms with van der Waals surface area (Å²) in [5.74, 6) is -0.181. The molecule has 326 valence electrons. The van der Waals surface area contributed by atoms with E-state index >= 15 is 0 Å². The van der Waals surface area contributed by atoms with Gasteiger partial charge in [-0.25, -0.2) is 22.6 Å². The number of sulfonamides is 1. The van der Waals surface area contributed by atoms with Crippen LogP contribution in [0.5, 0.6) is 11.5 Å². The van der Waals surface area contributed by atoms with Gasteiger partial charge in [-0.3, -0.25) is 4.52 Å². The molecule has 0 radical (unpaired) electrons. The van der Waals surface area contributed by atoms with Gasteiger partial charge in [0.05, 0.1) is 55.2 Å². The molecule has 6 rings (SSSR count). The number of carbonyl (C=O) groups excluding carboxylic acids is 2. The highest BCUT2D eigenvalue weighted by Crippen LogP contribution is 2.49. The predicted molar refractivity (Wildman–Crippen MR) is 219 cm³/mol. The molecule has 0 aliphatic carbocycles. The third-order valence-electron chi connectivity index (χ3n) is 9.97. The van der Waals surface area contributed by atoms with Crippen molar-refractivity contribution in [1.82, 2.24) is 9.62 Å². The summed E-state index contributed by atoms with van der Waals surface area (Å²) in [5, 5.41) is 15.2. The summed E-state index contributed by atoms with van der Waals surface area (Å²) >= 11 is 0. The van der Waals surface area contributed by atoms with E-state index in [-0.39, 0.29) is 62.2 Å². The molecule has 0 saturated carbocycles. The number of amides is 1. The van der Waals surface area contributed by atoms with Crippen LogP contribution in [0.4, 0.5) is 4.79 Å². The van der Waals surface area contributed by atoms with Crippen LogP contribution in [0, 0.1) is 11.8 Å². The Morgan fingerprint density at radius 1 is 0.983 bits per heavy atom. The van der Waals surface area contributed by atoms with E-state index in [4.69, 9.17) is 37.1 Å². The summed E-state index contributed by atoms with van der Waals surface area (Å²) < 4.78 is 87.9. The summed E-state index contributed by atoms with van der Waals surface area (Å²) in [5.41, 5.74) is 1.21. The van der Waals surface area contributed by atoms with E-state index in [9.17, 15) is 27.7 Å². The van der Waals surface area contributed by atoms with Crippen LogP contribution in [-0.2, 0) is 49.3 Å². The van der Waals surface area contributed by atoms with Crippen molar-refractivity contribution in [3.05, 3.63) is 90.7 Å². The van der Waals surface area contributed by atoms with Crippen LogP contribution < -0.4 is 14.6 Å². The lowest BCUT2D eigenvalue weighted by molar-refractivity contribution is -0.150. The minimum Gasteiger partial charge on any atom is -0.493 e. The Morgan fingerprint density at radius 3 is 2.48 bits per heavy atom. The van der Waals surface area contributed by atoms with Crippen LogP contribution in [0.1, 0.15) is 39.7 Å². The molecule has 1 amide bonds. The Labute approximate surface area is 349 Å². The number of benzene rings is 3. The molecule has 7 unspecified atom stereocenters. The average Bonchev–Trinajstić information content (AvgIpc) is 3.97. The molecule has 0 bridgehead atoms. The second-order valence-electron chi connectivity index (χ2n) is 15.1. The molecular weight excluding hydrogens is 820 g/mol. The van der Waals surface area contributed by atoms with Gasteiger partial charge in [-0.15, -0.1) is 0 Å². The van der Waals surface area contributed by atoms with E-state index in [2.05, 4.69) is 5.32 Å². The standard InChI is InChI=1S/C42H53N2O14PS/c1-5-51-40(46)29(4)57-59(48,58-33-9-7-6-8-10-33)22-21-52-32-13-11-30(12-14-32)23-36(43-42(47)56-39-27-55-41-35(39)18-20-54-41)37(45)26-44(25-28(2)3)60(49,50)34-15-16-38-31(24-34)17-19-53-38/h6-17,19,24,28-29,35-37,39,41,45H,5,18,20-23,25-27H2,1-4H3,(H,43,47). The molecular formula is C42H53N2O14PS. The van der Waals surface area contributed by atoms with Crippen molar-refractivity contribution in [3.63, 3.8) is 0 Å². The number of esters is 1. The first kappa shape index (κ1) is 45.1. The van der Waals surface area contributed by atoms with Crippen LogP contribution in [0.25, 0.3) is 11.0 Å². The van der Waals surface area contributed by atoms with Crippen LogP contribution >= 0.6 is 7.60 Å². The number of nitrogens with one attached hydrogen (secondary N) is 1. The number of aliphatic hydroxyl groups is 1. The molecule has 2 saturated heterocycles. The molecule has 3 heterocycles. The first-order valence-corrected chi connectivity index (χ1v) is 23.2. The average molecular weight is 873 g/mol. The van der Waals surface area contributed by atoms with Crippen molar-refractivity contribution in [1.29, 1.82) is 0 Å². The maximum absolute atomic E-state index is 14.1. The smallest absolute Gasteiger partial charge is 0.407 e. The van der Waals surface area contributed by atoms with Crippen molar-refractivity contribution >= 4 is 40.7 Å². The van der Waals surface area contributed by atoms with E-state index < -0.39 is 60.3 Å². The summed E-state index contributed by atoms with van der Waals surface area (Å²) in [6, 6.07) is 20.5. The number of aliphatic hydroxyl groups excluding tert-OH is 1. The monoisotopic (exact) mass is 872 g/mol. The maximum atomic E-state index is 14.1. The SMILES string of the molecule is CCOC(=O)C(C)OP(=O)(CCOc1ccc(CC(NC(=O)OC2COC3OCCC23)C(O)CN(CC(C)C)S(=O)(=O)c2ccc3occc3c2)cc1)Oc1ccccc1. The van der Waals surface area contributed by atoms with E-state index in [0.717, 1.165) is 0 Å². The summed E-state index contributed by atoms with van der Waals surface area (Å²) in [6.07, 6.45) is -2.26. The molecule has 0 spiro atoms. The second-order valence-corrected chi connectivity index (χ2v) is 19.1. The fourth-order valence-electron chi connectivity index (χ4n) is 6.98. The van der Waals surface area contributed by atoms with Crippen LogP contribution in [0.15, 0.2) is 94.4 Å². The van der Waals surface area contributed by atoms with Crippen molar-refractivity contribution in [2.45, 2.75) is 76.1 Å². The van der Waals surface area contributed by atoms with E-state index in [1.165, 1.54) is 29.6 Å². The van der Waals surface area contributed by atoms with Crippen molar-refractivity contribution in [2.75, 3.05) is 45.7 Å². The molecule has 2 N–H and O–H groups in total. The Bertz CT molecular complexity index is 2180. The summed E-state index contributed by atoms with van der Waals surface area (Å²) in [6.45, 7) is 7.31. The molecule has 60 heavy (non-hydrogen) atoms. The van der Waals surface area contributed by atoms with E-state index in [1.807, 2.05) is 13.8 Å². The molecule has 7 atom stereocenters. The number of alkyl carbamates (subject to hydrolysis) is 1. The van der Waals surface area contributed by atoms with E-state index in [0.29, 0.717) is 41.1 Å². The molecule has 2 aliphatic rings. The van der Waals surface area contributed by atoms with Crippen LogP contribution in [0.3, 0.4) is 0 Å². The third-order valence-corrected chi connectivity index (χ3v) is 13.7. The minimum atomic E-state index is -4.10. The van der Waals surface area contributed by atoms with Crippen LogP contribution in [0.2, 0.25) is 0 Å². The fraction of sp³-hybridized carbons (Fsp3) is 0.476. The Kier molecular flexibility index (Phi) is 15.3. The number of carbonyl (C=O) groups is 2. The fourth-order valence-corrected chi connectivity index (χ4v) is 10.2. The number of furan rings is 1. The maximum Gasteiger partial charge on any atom is 0.407 e. The lowest BCUT2D eigenvalue weighted by atomic mass is 10.0. The molecule has 2 fully saturated rings. The molecule has 3 aromatic carbocycles. The zero-order chi connectivity index (χ0) is 42.9. The number of hydrogen-bond acceptors (Lipinski definition) is 14. The van der Waals surface area contributed by atoms with Crippen molar-refractivity contribution in [3.8, 4) is 11.5 Å². The Hall–Kier alpha value is -4.48. The zero-order valence-corrected chi connectivity index (χ0v) is 35.8. The largest absolute Gasteiger partial charge is 0.493 e. The Morgan fingerprint density at radius 2 is 1.75 bits per heavy atom. The van der Waals surface area contributed by atoms with Gasteiger partial charge in [0.2, 0.25) is 10.0 Å². The highest BCUT2D eigenvalue weighted by molar-refractivity contribution is 7.89. The molecule has 18 heteroatoms. The second kappa shape index (κ2) is 20.4. The number of rotatable bonds is 21. The van der Waals surface area contributed by atoms with E-state index in [1.54, 1.807) is 73.7 Å². The van der Waals surface area contributed by atoms with Crippen LogP contribution in [-0.4, -0.2) is 106 Å². The van der Waals surface area contributed by atoms with Gasteiger partial charge in [0, 0.05) is 18.5 Å². The zero-order valence-electron chi connectivity index (χ0n) is 34.0.